The van der Waals surface area contributed by atoms with Crippen LogP contribution in [0.3, 0.4) is 0 Å². The van der Waals surface area contributed by atoms with Crippen LogP contribution in [0.1, 0.15) is 5.69 Å². The summed E-state index contributed by atoms with van der Waals surface area (Å²) in [6.45, 7) is 2.74. The molecule has 9 heteroatoms. The minimum atomic E-state index is -0.192. The van der Waals surface area contributed by atoms with Crippen LogP contribution >= 0.6 is 34.3 Å². The van der Waals surface area contributed by atoms with Crippen LogP contribution in [0.5, 0.6) is 0 Å². The molecule has 30 heavy (non-hydrogen) atoms. The average Bonchev–Trinajstić information content (AvgIpc) is 3.44. The zero-order chi connectivity index (χ0) is 20.9. The smallest absolute Gasteiger partial charge is 0.242 e. The van der Waals surface area contributed by atoms with E-state index < -0.39 is 0 Å². The fraction of sp³-hybridized carbons (Fsp3) is 0.286. The summed E-state index contributed by atoms with van der Waals surface area (Å²) >= 11 is 9.21. The van der Waals surface area contributed by atoms with Crippen molar-refractivity contribution >= 4 is 51.8 Å². The summed E-state index contributed by atoms with van der Waals surface area (Å²) in [5.41, 5.74) is 2.86. The number of hydrogen-bond acceptors (Lipinski definition) is 6. The van der Waals surface area contributed by atoms with E-state index in [2.05, 4.69) is 15.2 Å². The maximum atomic E-state index is 12.5. The van der Waals surface area contributed by atoms with Gasteiger partial charge in [0.15, 0.2) is 0 Å². The molecule has 2 aromatic heterocycles. The predicted molar refractivity (Wildman–Crippen MR) is 122 cm³/mol. The molecule has 156 valence electrons. The van der Waals surface area contributed by atoms with Crippen LogP contribution in [0.4, 0.5) is 5.69 Å². The average molecular weight is 461 g/mol. The second-order valence-corrected chi connectivity index (χ2v) is 9.03. The molecule has 0 radical (unpaired) electrons. The molecular formula is C21H21ClN4O2S2. The van der Waals surface area contributed by atoms with E-state index in [1.54, 1.807) is 16.2 Å². The number of anilines is 1. The number of benzene rings is 1. The third-order valence-electron chi connectivity index (χ3n) is 4.90. The molecule has 3 heterocycles. The quantitative estimate of drug-likeness (QED) is 0.611. The first kappa shape index (κ1) is 20.8. The van der Waals surface area contributed by atoms with Gasteiger partial charge in [0.25, 0.3) is 0 Å². The lowest BCUT2D eigenvalue weighted by Gasteiger charge is -2.36. The Morgan fingerprint density at radius 1 is 1.13 bits per heavy atom. The number of thiazole rings is 1. The molecule has 1 aromatic carbocycles. The van der Waals surface area contributed by atoms with Gasteiger partial charge in [-0.15, -0.1) is 11.3 Å². The van der Waals surface area contributed by atoms with Gasteiger partial charge < -0.3 is 15.1 Å². The molecule has 1 aliphatic rings. The lowest BCUT2D eigenvalue weighted by atomic mass is 10.2. The van der Waals surface area contributed by atoms with E-state index in [0.717, 1.165) is 35.0 Å². The number of aromatic nitrogens is 1. The second-order valence-electron chi connectivity index (χ2n) is 6.96. The van der Waals surface area contributed by atoms with Crippen molar-refractivity contribution in [2.24, 2.45) is 0 Å². The summed E-state index contributed by atoms with van der Waals surface area (Å²) in [5.74, 6) is -0.255. The summed E-state index contributed by atoms with van der Waals surface area (Å²) in [5, 5.41) is 10.3. The summed E-state index contributed by atoms with van der Waals surface area (Å²) < 4.78 is 0. The first-order chi connectivity index (χ1) is 14.6. The molecular weight excluding hydrogens is 440 g/mol. The normalized spacial score (nSPS) is 14.0. The molecule has 1 N–H and O–H groups in total. The van der Waals surface area contributed by atoms with Crippen LogP contribution in [-0.2, 0) is 16.0 Å². The van der Waals surface area contributed by atoms with Gasteiger partial charge in [-0.05, 0) is 29.6 Å². The van der Waals surface area contributed by atoms with E-state index in [-0.39, 0.29) is 24.8 Å². The highest BCUT2D eigenvalue weighted by Gasteiger charge is 2.22. The van der Waals surface area contributed by atoms with Gasteiger partial charge >= 0.3 is 0 Å². The summed E-state index contributed by atoms with van der Waals surface area (Å²) in [4.78, 5) is 33.2. The molecule has 0 spiro atoms. The third kappa shape index (κ3) is 5.19. The number of carbonyl (C=O) groups is 2. The lowest BCUT2D eigenvalue weighted by Crippen LogP contribution is -2.51. The van der Waals surface area contributed by atoms with E-state index >= 15 is 0 Å². The lowest BCUT2D eigenvalue weighted by molar-refractivity contribution is -0.133. The van der Waals surface area contributed by atoms with Crippen molar-refractivity contribution < 1.29 is 9.59 Å². The molecule has 0 aliphatic carbocycles. The van der Waals surface area contributed by atoms with Crippen LogP contribution in [-0.4, -0.2) is 54.4 Å². The standard InChI is InChI=1S/C21H21ClN4O2S2/c22-16-2-1-3-18(10-16)25-5-7-26(8-6-25)20(28)12-23-19(27)11-17-14-30-21(24-17)15-4-9-29-13-15/h1-4,9-10,13-14H,5-8,11-12H2,(H,23,27). The van der Waals surface area contributed by atoms with E-state index in [4.69, 9.17) is 11.6 Å². The highest BCUT2D eigenvalue weighted by atomic mass is 35.5. The van der Waals surface area contributed by atoms with Crippen molar-refractivity contribution in [3.63, 3.8) is 0 Å². The fourth-order valence-corrected chi connectivity index (χ4v) is 5.02. The summed E-state index contributed by atoms with van der Waals surface area (Å²) in [6, 6.07) is 9.74. The first-order valence-electron chi connectivity index (χ1n) is 9.60. The van der Waals surface area contributed by atoms with Crippen molar-refractivity contribution in [3.05, 3.63) is 57.2 Å². The van der Waals surface area contributed by atoms with E-state index in [9.17, 15) is 9.59 Å². The largest absolute Gasteiger partial charge is 0.368 e. The third-order valence-corrected chi connectivity index (χ3v) is 6.76. The van der Waals surface area contributed by atoms with Crippen LogP contribution < -0.4 is 10.2 Å². The van der Waals surface area contributed by atoms with E-state index in [1.165, 1.54) is 11.3 Å². The number of rotatable bonds is 6. The van der Waals surface area contributed by atoms with Crippen LogP contribution in [0, 0.1) is 0 Å². The Bertz CT molecular complexity index is 1010. The molecule has 0 bridgehead atoms. The molecule has 4 rings (SSSR count). The SMILES string of the molecule is O=C(Cc1csc(-c2ccsc2)n1)NCC(=O)N1CCN(c2cccc(Cl)c2)CC1. The molecule has 1 aliphatic heterocycles. The Kier molecular flexibility index (Phi) is 6.66. The number of nitrogens with one attached hydrogen (secondary N) is 1. The molecule has 1 fully saturated rings. The molecule has 3 aromatic rings. The van der Waals surface area contributed by atoms with Gasteiger partial charge in [-0.25, -0.2) is 4.98 Å². The van der Waals surface area contributed by atoms with Gasteiger partial charge in [-0.2, -0.15) is 11.3 Å². The van der Waals surface area contributed by atoms with Crippen LogP contribution in [0.2, 0.25) is 5.02 Å². The minimum Gasteiger partial charge on any atom is -0.368 e. The zero-order valence-electron chi connectivity index (χ0n) is 16.2. The van der Waals surface area contributed by atoms with Gasteiger partial charge in [0, 0.05) is 53.2 Å². The predicted octanol–water partition coefficient (Wildman–Crippen LogP) is 3.53. The van der Waals surface area contributed by atoms with Crippen LogP contribution in [0.15, 0.2) is 46.5 Å². The Balaban J connectivity index is 1.22. The topological polar surface area (TPSA) is 65.5 Å². The van der Waals surface area contributed by atoms with Gasteiger partial charge in [-0.3, -0.25) is 9.59 Å². The summed E-state index contributed by atoms with van der Waals surface area (Å²) in [7, 11) is 0. The Morgan fingerprint density at radius 3 is 2.70 bits per heavy atom. The van der Waals surface area contributed by atoms with Crippen LogP contribution in [0.25, 0.3) is 10.6 Å². The highest BCUT2D eigenvalue weighted by molar-refractivity contribution is 7.14. The number of amides is 2. The molecule has 6 nitrogen and oxygen atoms in total. The Hall–Kier alpha value is -2.42. The van der Waals surface area contributed by atoms with E-state index in [1.807, 2.05) is 46.5 Å². The van der Waals surface area contributed by atoms with Gasteiger partial charge in [0.1, 0.15) is 5.01 Å². The van der Waals surface area contributed by atoms with Gasteiger partial charge in [0.2, 0.25) is 11.8 Å². The maximum Gasteiger partial charge on any atom is 0.242 e. The zero-order valence-corrected chi connectivity index (χ0v) is 18.6. The molecule has 2 amide bonds. The Labute approximate surface area is 188 Å². The number of halogens is 1. The van der Waals surface area contributed by atoms with Gasteiger partial charge in [-0.1, -0.05) is 17.7 Å². The number of thiophene rings is 1. The minimum absolute atomic E-state index is 0.0114. The highest BCUT2D eigenvalue weighted by Crippen LogP contribution is 2.25. The molecule has 0 saturated carbocycles. The van der Waals surface area contributed by atoms with Crippen molar-refractivity contribution in [2.75, 3.05) is 37.6 Å². The number of nitrogens with zero attached hydrogens (tertiary/aromatic N) is 3. The van der Waals surface area contributed by atoms with Crippen molar-refractivity contribution in [1.29, 1.82) is 0 Å². The number of hydrogen-bond donors (Lipinski definition) is 1. The molecule has 0 unspecified atom stereocenters. The number of piperazine rings is 1. The molecule has 1 saturated heterocycles. The fourth-order valence-electron chi connectivity index (χ4n) is 3.31. The van der Waals surface area contributed by atoms with Gasteiger partial charge in [0.05, 0.1) is 18.7 Å². The monoisotopic (exact) mass is 460 g/mol. The van der Waals surface area contributed by atoms with E-state index in [0.29, 0.717) is 18.1 Å². The van der Waals surface area contributed by atoms with Crippen molar-refractivity contribution in [3.8, 4) is 10.6 Å². The Morgan fingerprint density at radius 2 is 1.97 bits per heavy atom. The molecule has 0 atom stereocenters. The van der Waals surface area contributed by atoms with Crippen molar-refractivity contribution in [1.82, 2.24) is 15.2 Å². The number of carbonyl (C=O) groups excluding carboxylic acids is 2. The van der Waals surface area contributed by atoms with Crippen molar-refractivity contribution in [2.45, 2.75) is 6.42 Å². The first-order valence-corrected chi connectivity index (χ1v) is 11.8. The maximum absolute atomic E-state index is 12.5. The second kappa shape index (κ2) is 9.59. The summed E-state index contributed by atoms with van der Waals surface area (Å²) in [6.07, 6.45) is 0.177.